The van der Waals surface area contributed by atoms with E-state index in [1.165, 1.54) is 13.0 Å². The van der Waals surface area contributed by atoms with Gasteiger partial charge in [-0.2, -0.15) is 0 Å². The van der Waals surface area contributed by atoms with Gasteiger partial charge in [0.15, 0.2) is 0 Å². The van der Waals surface area contributed by atoms with Crippen LogP contribution in [0.25, 0.3) is 0 Å². The molecule has 3 amide bonds. The summed E-state index contributed by atoms with van der Waals surface area (Å²) < 4.78 is 38.4. The Morgan fingerprint density at radius 2 is 1.87 bits per heavy atom. The molecule has 1 rings (SSSR count). The van der Waals surface area contributed by atoms with Crippen LogP contribution in [-0.2, 0) is 4.79 Å². The van der Waals surface area contributed by atoms with Crippen molar-refractivity contribution in [2.24, 2.45) is 0 Å². The molecular weight excluding hydrogens is 311 g/mol. The van der Waals surface area contributed by atoms with Gasteiger partial charge in [0.25, 0.3) is 0 Å². The number of benzene rings is 1. The number of alkyl halides is 1. The second-order valence-corrected chi connectivity index (χ2v) is 5.12. The summed E-state index contributed by atoms with van der Waals surface area (Å²) in [6, 6.07) is 1.80. The van der Waals surface area contributed by atoms with Crippen LogP contribution in [0.1, 0.15) is 25.3 Å². The molecule has 1 aromatic rings. The van der Waals surface area contributed by atoms with Crippen LogP contribution in [0.15, 0.2) is 18.2 Å². The molecule has 0 aliphatic rings. The summed E-state index contributed by atoms with van der Waals surface area (Å²) in [7, 11) is 0. The molecule has 0 aliphatic carbocycles. The van der Waals surface area contributed by atoms with Gasteiger partial charge in [-0.3, -0.25) is 4.79 Å². The maximum atomic E-state index is 13.6. The molecule has 3 N–H and O–H groups in total. The predicted octanol–water partition coefficient (Wildman–Crippen LogP) is 1.84. The number of carbonyl (C=O) groups excluding carboxylic acids is 2. The monoisotopic (exact) mass is 331 g/mol. The molecule has 0 heterocycles. The smallest absolute Gasteiger partial charge is 0.315 e. The summed E-state index contributed by atoms with van der Waals surface area (Å²) in [5.74, 6) is -2.23. The van der Waals surface area contributed by atoms with E-state index in [1.807, 2.05) is 0 Å². The maximum Gasteiger partial charge on any atom is 0.315 e. The van der Waals surface area contributed by atoms with E-state index in [9.17, 15) is 22.8 Å². The molecule has 0 aliphatic heterocycles. The highest BCUT2D eigenvalue weighted by Gasteiger charge is 2.16. The quantitative estimate of drug-likeness (QED) is 0.713. The van der Waals surface area contributed by atoms with E-state index in [2.05, 4.69) is 16.0 Å². The van der Waals surface area contributed by atoms with Gasteiger partial charge in [-0.05, 0) is 18.6 Å². The Morgan fingerprint density at radius 3 is 2.48 bits per heavy atom. The summed E-state index contributed by atoms with van der Waals surface area (Å²) in [6.45, 7) is 2.43. The lowest BCUT2D eigenvalue weighted by molar-refractivity contribution is -0.122. The molecule has 1 aromatic carbocycles. The summed E-state index contributed by atoms with van der Waals surface area (Å²) in [6.07, 6.45) is 0. The number of carbonyl (C=O) groups is 2. The zero-order chi connectivity index (χ0) is 17.4. The van der Waals surface area contributed by atoms with Crippen molar-refractivity contribution < 1.29 is 22.8 Å². The van der Waals surface area contributed by atoms with Crippen molar-refractivity contribution in [2.45, 2.75) is 25.8 Å². The van der Waals surface area contributed by atoms with Crippen molar-refractivity contribution in [3.05, 3.63) is 35.4 Å². The lowest BCUT2D eigenvalue weighted by Crippen LogP contribution is -2.49. The minimum Gasteiger partial charge on any atom is -0.352 e. The van der Waals surface area contributed by atoms with Gasteiger partial charge in [-0.15, -0.1) is 0 Å². The fourth-order valence-corrected chi connectivity index (χ4v) is 1.89. The third kappa shape index (κ3) is 6.17. The molecule has 128 valence electrons. The minimum absolute atomic E-state index is 0.104. The van der Waals surface area contributed by atoms with Crippen LogP contribution in [0.4, 0.5) is 18.0 Å². The molecule has 23 heavy (non-hydrogen) atoms. The standard InChI is InChI=1S/C15H20F3N3O2/c1-9(12-4-3-11(17)7-13(12)18)8-20-15(23)21-10(2)14(22)19-6-5-16/h3-4,7,9-10H,5-6,8H2,1-2H3,(H,19,22)(H2,20,21,23). The van der Waals surface area contributed by atoms with Gasteiger partial charge in [-0.25, -0.2) is 18.0 Å². The zero-order valence-corrected chi connectivity index (χ0v) is 13.0. The van der Waals surface area contributed by atoms with Gasteiger partial charge < -0.3 is 16.0 Å². The van der Waals surface area contributed by atoms with Crippen LogP contribution >= 0.6 is 0 Å². The number of hydrogen-bond acceptors (Lipinski definition) is 2. The lowest BCUT2D eigenvalue weighted by atomic mass is 10.0. The summed E-state index contributed by atoms with van der Waals surface area (Å²) in [5.41, 5.74) is 0.278. The topological polar surface area (TPSA) is 70.2 Å². The Balaban J connectivity index is 2.44. The highest BCUT2D eigenvalue weighted by atomic mass is 19.1. The molecule has 5 nitrogen and oxygen atoms in total. The van der Waals surface area contributed by atoms with E-state index in [0.29, 0.717) is 0 Å². The van der Waals surface area contributed by atoms with E-state index >= 15 is 0 Å². The first-order chi connectivity index (χ1) is 10.8. The van der Waals surface area contributed by atoms with Crippen LogP contribution in [0.3, 0.4) is 0 Å². The van der Waals surface area contributed by atoms with Crippen molar-refractivity contribution in [3.8, 4) is 0 Å². The van der Waals surface area contributed by atoms with Gasteiger partial charge in [0.1, 0.15) is 24.4 Å². The fraction of sp³-hybridized carbons (Fsp3) is 0.467. The molecule has 2 unspecified atom stereocenters. The average molecular weight is 331 g/mol. The highest BCUT2D eigenvalue weighted by molar-refractivity contribution is 5.86. The Kier molecular flexibility index (Phi) is 7.37. The Hall–Kier alpha value is -2.25. The second-order valence-electron chi connectivity index (χ2n) is 5.12. The first kappa shape index (κ1) is 18.8. The van der Waals surface area contributed by atoms with Crippen LogP contribution in [-0.4, -0.2) is 37.7 Å². The van der Waals surface area contributed by atoms with Crippen molar-refractivity contribution in [1.82, 2.24) is 16.0 Å². The SMILES string of the molecule is CC(NC(=O)NCC(C)c1ccc(F)cc1F)C(=O)NCCF. The molecule has 0 spiro atoms. The number of rotatable bonds is 7. The van der Waals surface area contributed by atoms with E-state index in [0.717, 1.165) is 12.1 Å². The molecule has 0 saturated heterocycles. The number of hydrogen-bond donors (Lipinski definition) is 3. The first-order valence-electron chi connectivity index (χ1n) is 7.18. The van der Waals surface area contributed by atoms with E-state index in [1.54, 1.807) is 6.92 Å². The van der Waals surface area contributed by atoms with Gasteiger partial charge in [-0.1, -0.05) is 13.0 Å². The number of urea groups is 1. The number of halogens is 3. The van der Waals surface area contributed by atoms with Crippen LogP contribution in [0.2, 0.25) is 0 Å². The van der Waals surface area contributed by atoms with Crippen molar-refractivity contribution in [2.75, 3.05) is 19.8 Å². The second kappa shape index (κ2) is 9.02. The third-order valence-electron chi connectivity index (χ3n) is 3.20. The molecule has 0 saturated carbocycles. The van der Waals surface area contributed by atoms with E-state index in [4.69, 9.17) is 0 Å². The normalized spacial score (nSPS) is 13.1. The molecule has 0 fully saturated rings. The highest BCUT2D eigenvalue weighted by Crippen LogP contribution is 2.18. The Labute approximate surface area is 132 Å². The third-order valence-corrected chi connectivity index (χ3v) is 3.20. The maximum absolute atomic E-state index is 13.6. The molecule has 0 aromatic heterocycles. The lowest BCUT2D eigenvalue weighted by Gasteiger charge is -2.17. The Morgan fingerprint density at radius 1 is 1.17 bits per heavy atom. The van der Waals surface area contributed by atoms with Crippen LogP contribution in [0.5, 0.6) is 0 Å². The first-order valence-corrected chi connectivity index (χ1v) is 7.18. The summed E-state index contributed by atoms with van der Waals surface area (Å²) in [4.78, 5) is 23.1. The average Bonchev–Trinajstić information content (AvgIpc) is 2.50. The number of nitrogens with one attached hydrogen (secondary N) is 3. The van der Waals surface area contributed by atoms with Gasteiger partial charge in [0.05, 0.1) is 0 Å². The minimum atomic E-state index is -0.834. The molecule has 0 radical (unpaired) electrons. The van der Waals surface area contributed by atoms with Crippen LogP contribution in [0, 0.1) is 11.6 Å². The van der Waals surface area contributed by atoms with Crippen molar-refractivity contribution in [1.29, 1.82) is 0 Å². The van der Waals surface area contributed by atoms with Gasteiger partial charge in [0, 0.05) is 25.1 Å². The molecule has 8 heteroatoms. The predicted molar refractivity (Wildman–Crippen MR) is 79.8 cm³/mol. The molecule has 2 atom stereocenters. The molecular formula is C15H20F3N3O2. The van der Waals surface area contributed by atoms with E-state index in [-0.39, 0.29) is 24.6 Å². The van der Waals surface area contributed by atoms with Crippen molar-refractivity contribution in [3.63, 3.8) is 0 Å². The largest absolute Gasteiger partial charge is 0.352 e. The Bertz CT molecular complexity index is 555. The van der Waals surface area contributed by atoms with E-state index < -0.39 is 36.3 Å². The summed E-state index contributed by atoms with van der Waals surface area (Å²) in [5, 5.41) is 7.18. The van der Waals surface area contributed by atoms with Gasteiger partial charge >= 0.3 is 6.03 Å². The zero-order valence-electron chi connectivity index (χ0n) is 13.0. The molecule has 0 bridgehead atoms. The fourth-order valence-electron chi connectivity index (χ4n) is 1.89. The summed E-state index contributed by atoms with van der Waals surface area (Å²) >= 11 is 0. The van der Waals surface area contributed by atoms with Crippen LogP contribution < -0.4 is 16.0 Å². The number of amides is 3. The van der Waals surface area contributed by atoms with Crippen molar-refractivity contribution >= 4 is 11.9 Å². The van der Waals surface area contributed by atoms with Gasteiger partial charge in [0.2, 0.25) is 5.91 Å².